The highest BCUT2D eigenvalue weighted by molar-refractivity contribution is 8.15. The van der Waals surface area contributed by atoms with Crippen LogP contribution in [0.2, 0.25) is 0 Å². The van der Waals surface area contributed by atoms with Gasteiger partial charge < -0.3 is 5.32 Å². The van der Waals surface area contributed by atoms with E-state index in [0.29, 0.717) is 0 Å². The average molecular weight is 271 g/mol. The van der Waals surface area contributed by atoms with Gasteiger partial charge in [-0.3, -0.25) is 14.5 Å². The molecule has 0 aromatic heterocycles. The highest BCUT2D eigenvalue weighted by Crippen LogP contribution is 2.27. The molecular formula is C11H11ClN2O2S. The minimum atomic E-state index is -0.548. The lowest BCUT2D eigenvalue weighted by Gasteiger charge is -2.13. The number of nitrogens with zero attached hydrogens (tertiary/aromatic N) is 1. The molecular weight excluding hydrogens is 260 g/mol. The van der Waals surface area contributed by atoms with Crippen molar-refractivity contribution in [2.24, 2.45) is 0 Å². The smallest absolute Gasteiger partial charge is 0.290 e. The summed E-state index contributed by atoms with van der Waals surface area (Å²) in [6.07, 6.45) is 0. The maximum atomic E-state index is 11.9. The molecule has 2 amide bonds. The summed E-state index contributed by atoms with van der Waals surface area (Å²) in [7, 11) is 0. The molecule has 1 aromatic carbocycles. The molecule has 2 rings (SSSR count). The van der Waals surface area contributed by atoms with E-state index in [1.54, 1.807) is 0 Å². The van der Waals surface area contributed by atoms with E-state index in [1.807, 2.05) is 30.3 Å². The Morgan fingerprint density at radius 2 is 2.00 bits per heavy atom. The van der Waals surface area contributed by atoms with Gasteiger partial charge in [-0.05, 0) is 23.9 Å². The second kappa shape index (κ2) is 5.42. The zero-order valence-corrected chi connectivity index (χ0v) is 10.5. The van der Waals surface area contributed by atoms with Gasteiger partial charge in [0, 0.05) is 18.1 Å². The van der Waals surface area contributed by atoms with Crippen molar-refractivity contribution in [3.05, 3.63) is 30.3 Å². The number of carbonyl (C=O) groups excluding carboxylic acids is 2. The van der Waals surface area contributed by atoms with Crippen molar-refractivity contribution in [3.8, 4) is 0 Å². The van der Waals surface area contributed by atoms with Gasteiger partial charge in [0.15, 0.2) is 5.37 Å². The fourth-order valence-electron chi connectivity index (χ4n) is 1.51. The number of rotatable bonds is 4. The topological polar surface area (TPSA) is 49.4 Å². The number of para-hydroxylation sites is 1. The molecule has 4 nitrogen and oxygen atoms in total. The Balaban J connectivity index is 2.04. The molecule has 0 spiro atoms. The monoisotopic (exact) mass is 270 g/mol. The summed E-state index contributed by atoms with van der Waals surface area (Å²) in [6.45, 7) is 0.263. The van der Waals surface area contributed by atoms with Crippen LogP contribution < -0.4 is 5.32 Å². The van der Waals surface area contributed by atoms with Crippen LogP contribution in [0.15, 0.2) is 30.3 Å². The fourth-order valence-corrected chi connectivity index (χ4v) is 2.61. The first-order chi connectivity index (χ1) is 8.22. The van der Waals surface area contributed by atoms with Crippen LogP contribution in [-0.4, -0.2) is 33.8 Å². The van der Waals surface area contributed by atoms with Gasteiger partial charge in [-0.15, -0.1) is 11.6 Å². The lowest BCUT2D eigenvalue weighted by Crippen LogP contribution is -2.35. The predicted octanol–water partition coefficient (Wildman–Crippen LogP) is 2.36. The zero-order chi connectivity index (χ0) is 12.3. The molecule has 6 heteroatoms. The van der Waals surface area contributed by atoms with Crippen molar-refractivity contribution >= 4 is 40.2 Å². The highest BCUT2D eigenvalue weighted by atomic mass is 35.5. The number of carbonyl (C=O) groups is 2. The lowest BCUT2D eigenvalue weighted by atomic mass is 10.3. The molecule has 1 aliphatic heterocycles. The molecule has 1 heterocycles. The Morgan fingerprint density at radius 1 is 1.29 bits per heavy atom. The Labute approximate surface area is 108 Å². The van der Waals surface area contributed by atoms with Gasteiger partial charge in [0.1, 0.15) is 0 Å². The summed E-state index contributed by atoms with van der Waals surface area (Å²) in [4.78, 5) is 24.6. The maximum Gasteiger partial charge on any atom is 0.290 e. The summed E-state index contributed by atoms with van der Waals surface area (Å²) >= 11 is 6.53. The highest BCUT2D eigenvalue weighted by Gasteiger charge is 2.39. The van der Waals surface area contributed by atoms with Gasteiger partial charge in [0.05, 0.1) is 0 Å². The first-order valence-corrected chi connectivity index (χ1v) is 6.53. The van der Waals surface area contributed by atoms with Crippen LogP contribution in [0.1, 0.15) is 0 Å². The Hall–Kier alpha value is -1.20. The normalized spacial score (nSPS) is 19.8. The van der Waals surface area contributed by atoms with E-state index in [-0.39, 0.29) is 23.6 Å². The second-order valence-corrected chi connectivity index (χ2v) is 4.89. The van der Waals surface area contributed by atoms with E-state index in [1.165, 1.54) is 4.90 Å². The standard InChI is InChI=1S/C11H11ClN2O2S/c12-6-7-14-10(15)9(17-11(14)16)13-8-4-2-1-3-5-8/h1-5,9,13H,6-7H2/t9-/m1/s1. The largest absolute Gasteiger partial charge is 0.365 e. The third kappa shape index (κ3) is 2.73. The maximum absolute atomic E-state index is 11.9. The van der Waals surface area contributed by atoms with Gasteiger partial charge in [-0.2, -0.15) is 0 Å². The Morgan fingerprint density at radius 3 is 2.65 bits per heavy atom. The van der Waals surface area contributed by atoms with E-state index in [4.69, 9.17) is 11.6 Å². The van der Waals surface area contributed by atoms with Crippen molar-refractivity contribution in [2.45, 2.75) is 5.37 Å². The number of alkyl halides is 1. The molecule has 1 atom stereocenters. The van der Waals surface area contributed by atoms with Crippen molar-refractivity contribution < 1.29 is 9.59 Å². The first kappa shape index (κ1) is 12.3. The van der Waals surface area contributed by atoms with Crippen LogP contribution >= 0.6 is 23.4 Å². The molecule has 0 bridgehead atoms. The van der Waals surface area contributed by atoms with Gasteiger partial charge >= 0.3 is 0 Å². The van der Waals surface area contributed by atoms with Crippen LogP contribution in [0.4, 0.5) is 10.5 Å². The number of amides is 2. The van der Waals surface area contributed by atoms with Crippen molar-refractivity contribution in [3.63, 3.8) is 0 Å². The number of anilines is 1. The molecule has 0 aliphatic carbocycles. The summed E-state index contributed by atoms with van der Waals surface area (Å²) in [5.74, 6) is 0.0281. The molecule has 0 saturated carbocycles. The molecule has 1 fully saturated rings. The van der Waals surface area contributed by atoms with E-state index >= 15 is 0 Å². The molecule has 1 aliphatic rings. The van der Waals surface area contributed by atoms with Crippen molar-refractivity contribution in [2.75, 3.05) is 17.7 Å². The van der Waals surface area contributed by atoms with Gasteiger partial charge in [0.25, 0.3) is 11.1 Å². The number of hydrogen-bond acceptors (Lipinski definition) is 4. The average Bonchev–Trinajstić information content (AvgIpc) is 2.59. The summed E-state index contributed by atoms with van der Waals surface area (Å²) in [5, 5.41) is 2.22. The Bertz CT molecular complexity index is 427. The minimum absolute atomic E-state index is 0.232. The number of benzene rings is 1. The third-order valence-corrected chi connectivity index (χ3v) is 3.46. The number of thioether (sulfide) groups is 1. The number of imide groups is 1. The van der Waals surface area contributed by atoms with Crippen molar-refractivity contribution in [1.82, 2.24) is 4.90 Å². The third-order valence-electron chi connectivity index (χ3n) is 2.31. The molecule has 17 heavy (non-hydrogen) atoms. The predicted molar refractivity (Wildman–Crippen MR) is 69.3 cm³/mol. The van der Waals surface area contributed by atoms with Crippen LogP contribution in [0.3, 0.4) is 0 Å². The molecule has 0 radical (unpaired) electrons. The minimum Gasteiger partial charge on any atom is -0.365 e. The molecule has 1 N–H and O–H groups in total. The molecule has 1 aromatic rings. The quantitative estimate of drug-likeness (QED) is 0.854. The zero-order valence-electron chi connectivity index (χ0n) is 8.93. The summed E-state index contributed by atoms with van der Waals surface area (Å²) < 4.78 is 0. The lowest BCUT2D eigenvalue weighted by molar-refractivity contribution is -0.126. The van der Waals surface area contributed by atoms with E-state index in [2.05, 4.69) is 5.32 Å². The number of halogens is 1. The van der Waals surface area contributed by atoms with Gasteiger partial charge in [-0.25, -0.2) is 0 Å². The van der Waals surface area contributed by atoms with Crippen LogP contribution in [0.5, 0.6) is 0 Å². The van der Waals surface area contributed by atoms with Gasteiger partial charge in [-0.1, -0.05) is 18.2 Å². The van der Waals surface area contributed by atoms with Crippen LogP contribution in [0.25, 0.3) is 0 Å². The van der Waals surface area contributed by atoms with E-state index in [0.717, 1.165) is 17.4 Å². The number of hydrogen-bond donors (Lipinski definition) is 1. The van der Waals surface area contributed by atoms with Crippen LogP contribution in [0, 0.1) is 0 Å². The Kier molecular flexibility index (Phi) is 3.91. The van der Waals surface area contributed by atoms with Crippen molar-refractivity contribution in [1.29, 1.82) is 0 Å². The molecule has 0 unspecified atom stereocenters. The fraction of sp³-hybridized carbons (Fsp3) is 0.273. The van der Waals surface area contributed by atoms with E-state index < -0.39 is 5.37 Å². The second-order valence-electron chi connectivity index (χ2n) is 3.45. The van der Waals surface area contributed by atoms with Gasteiger partial charge in [0.2, 0.25) is 0 Å². The van der Waals surface area contributed by atoms with E-state index in [9.17, 15) is 9.59 Å². The SMILES string of the molecule is O=C1S[C@@H](Nc2ccccc2)C(=O)N1CCCl. The molecule has 1 saturated heterocycles. The summed E-state index contributed by atoms with van der Waals surface area (Å²) in [5.41, 5.74) is 0.818. The van der Waals surface area contributed by atoms with Crippen LogP contribution in [-0.2, 0) is 4.79 Å². The molecule has 90 valence electrons. The number of nitrogens with one attached hydrogen (secondary N) is 1. The first-order valence-electron chi connectivity index (χ1n) is 5.12. The summed E-state index contributed by atoms with van der Waals surface area (Å²) in [6, 6.07) is 9.32.